The topological polar surface area (TPSA) is 44.4 Å². The van der Waals surface area contributed by atoms with E-state index in [4.69, 9.17) is 0 Å². The Morgan fingerprint density at radius 2 is 1.96 bits per heavy atom. The van der Waals surface area contributed by atoms with Gasteiger partial charge in [-0.05, 0) is 67.6 Å². The van der Waals surface area contributed by atoms with Gasteiger partial charge in [-0.25, -0.2) is 13.6 Å². The van der Waals surface area contributed by atoms with E-state index in [-0.39, 0.29) is 23.8 Å². The number of halogens is 2. The molecule has 2 amide bonds. The molecule has 1 saturated heterocycles. The van der Waals surface area contributed by atoms with Crippen molar-refractivity contribution in [1.82, 2.24) is 10.6 Å². The number of nitrogens with one attached hydrogen (secondary N) is 2. The van der Waals surface area contributed by atoms with Gasteiger partial charge in [-0.15, -0.1) is 0 Å². The van der Waals surface area contributed by atoms with Crippen molar-refractivity contribution in [3.63, 3.8) is 0 Å². The Morgan fingerprint density at radius 1 is 1.19 bits per heavy atom. The fourth-order valence-electron chi connectivity index (χ4n) is 3.29. The van der Waals surface area contributed by atoms with Gasteiger partial charge in [0.1, 0.15) is 11.6 Å². The van der Waals surface area contributed by atoms with Crippen molar-refractivity contribution in [2.24, 2.45) is 5.92 Å². The quantitative estimate of drug-likeness (QED) is 0.875. The van der Waals surface area contributed by atoms with Gasteiger partial charge >= 0.3 is 6.03 Å². The maximum Gasteiger partial charge on any atom is 0.322 e. The number of anilines is 1. The number of urea groups is 1. The zero-order valence-electron chi connectivity index (χ0n) is 14.7. The van der Waals surface area contributed by atoms with Crippen LogP contribution in [0.5, 0.6) is 0 Å². The Balaban J connectivity index is 1.55. The lowest BCUT2D eigenvalue weighted by Gasteiger charge is -2.32. The molecule has 138 valence electrons. The number of benzene rings is 2. The van der Waals surface area contributed by atoms with E-state index in [1.54, 1.807) is 19.2 Å². The van der Waals surface area contributed by atoms with Crippen LogP contribution in [0.4, 0.5) is 19.3 Å². The molecule has 2 atom stereocenters. The van der Waals surface area contributed by atoms with Crippen LogP contribution in [0.3, 0.4) is 0 Å². The van der Waals surface area contributed by atoms with E-state index in [0.717, 1.165) is 31.4 Å². The predicted molar refractivity (Wildman–Crippen MR) is 98.0 cm³/mol. The first kappa shape index (κ1) is 18.3. The average molecular weight is 359 g/mol. The monoisotopic (exact) mass is 359 g/mol. The lowest BCUT2D eigenvalue weighted by Crippen LogP contribution is -2.53. The average Bonchev–Trinajstić information content (AvgIpc) is 2.63. The molecule has 1 heterocycles. The fourth-order valence-corrected chi connectivity index (χ4v) is 3.29. The normalized spacial score (nSPS) is 19.8. The summed E-state index contributed by atoms with van der Waals surface area (Å²) in [4.78, 5) is 13.8. The summed E-state index contributed by atoms with van der Waals surface area (Å²) in [7, 11) is 1.61. The van der Waals surface area contributed by atoms with Crippen molar-refractivity contribution in [3.8, 4) is 0 Å². The Hall–Kier alpha value is -2.47. The smallest absolute Gasteiger partial charge is 0.322 e. The van der Waals surface area contributed by atoms with Crippen LogP contribution in [0.2, 0.25) is 0 Å². The molecule has 26 heavy (non-hydrogen) atoms. The third kappa shape index (κ3) is 4.79. The third-order valence-corrected chi connectivity index (χ3v) is 4.75. The first-order chi connectivity index (χ1) is 12.5. The molecule has 2 aromatic rings. The van der Waals surface area contributed by atoms with E-state index in [1.807, 2.05) is 12.1 Å². The first-order valence-electron chi connectivity index (χ1n) is 8.79. The number of hydrogen-bond acceptors (Lipinski definition) is 2. The van der Waals surface area contributed by atoms with E-state index in [0.29, 0.717) is 11.6 Å². The molecule has 4 nitrogen and oxygen atoms in total. The van der Waals surface area contributed by atoms with Gasteiger partial charge in [0.2, 0.25) is 0 Å². The number of amides is 2. The van der Waals surface area contributed by atoms with Crippen LogP contribution < -0.4 is 15.5 Å². The lowest BCUT2D eigenvalue weighted by molar-refractivity contribution is 0.226. The molecule has 1 aliphatic heterocycles. The van der Waals surface area contributed by atoms with Gasteiger partial charge in [0.15, 0.2) is 0 Å². The van der Waals surface area contributed by atoms with E-state index < -0.39 is 0 Å². The number of carbonyl (C=O) groups excluding carboxylic acids is 1. The minimum atomic E-state index is -0.377. The summed E-state index contributed by atoms with van der Waals surface area (Å²) in [5.41, 5.74) is 1.60. The highest BCUT2D eigenvalue weighted by molar-refractivity contribution is 5.91. The van der Waals surface area contributed by atoms with Crippen LogP contribution in [0.1, 0.15) is 18.4 Å². The van der Waals surface area contributed by atoms with Crippen molar-refractivity contribution < 1.29 is 13.6 Å². The molecule has 0 radical (unpaired) electrons. The lowest BCUT2D eigenvalue weighted by atomic mass is 9.89. The molecule has 0 unspecified atom stereocenters. The van der Waals surface area contributed by atoms with Crippen molar-refractivity contribution in [2.45, 2.75) is 25.4 Å². The van der Waals surface area contributed by atoms with Crippen molar-refractivity contribution >= 4 is 11.7 Å². The second-order valence-corrected chi connectivity index (χ2v) is 6.72. The Bertz CT molecular complexity index is 751. The van der Waals surface area contributed by atoms with E-state index >= 15 is 0 Å². The van der Waals surface area contributed by atoms with Crippen molar-refractivity contribution in [2.75, 3.05) is 18.5 Å². The molecule has 0 aromatic heterocycles. The molecular formula is C20H23F2N3O. The first-order valence-corrected chi connectivity index (χ1v) is 8.79. The Kier molecular flexibility index (Phi) is 5.83. The zero-order chi connectivity index (χ0) is 18.5. The summed E-state index contributed by atoms with van der Waals surface area (Å²) in [5.74, 6) is -0.201. The molecule has 0 spiro atoms. The van der Waals surface area contributed by atoms with Gasteiger partial charge in [0.25, 0.3) is 0 Å². The van der Waals surface area contributed by atoms with Gasteiger partial charge in [-0.2, -0.15) is 0 Å². The molecule has 1 fully saturated rings. The summed E-state index contributed by atoms with van der Waals surface area (Å²) in [6, 6.07) is 12.2. The summed E-state index contributed by atoms with van der Waals surface area (Å²) in [6.45, 7) is 0.806. The van der Waals surface area contributed by atoms with Crippen LogP contribution >= 0.6 is 0 Å². The number of rotatable bonds is 4. The maximum atomic E-state index is 13.3. The second kappa shape index (κ2) is 8.27. The summed E-state index contributed by atoms with van der Waals surface area (Å²) >= 11 is 0. The summed E-state index contributed by atoms with van der Waals surface area (Å²) < 4.78 is 26.4. The molecule has 2 aromatic carbocycles. The molecule has 2 N–H and O–H groups in total. The van der Waals surface area contributed by atoms with Crippen molar-refractivity contribution in [3.05, 3.63) is 65.7 Å². The number of nitrogens with zero attached hydrogens (tertiary/aromatic N) is 1. The second-order valence-electron chi connectivity index (χ2n) is 6.72. The highest BCUT2D eigenvalue weighted by Crippen LogP contribution is 2.21. The van der Waals surface area contributed by atoms with Gasteiger partial charge in [-0.3, -0.25) is 10.2 Å². The molecule has 6 heteroatoms. The van der Waals surface area contributed by atoms with E-state index in [2.05, 4.69) is 10.6 Å². The molecule has 1 aliphatic rings. The van der Waals surface area contributed by atoms with Crippen LogP contribution in [0.25, 0.3) is 0 Å². The number of hydrogen-bond donors (Lipinski definition) is 2. The van der Waals surface area contributed by atoms with Gasteiger partial charge in [0, 0.05) is 12.7 Å². The van der Waals surface area contributed by atoms with Crippen molar-refractivity contribution in [1.29, 1.82) is 0 Å². The minimum Gasteiger partial charge on any atom is -0.322 e. The predicted octanol–water partition coefficient (Wildman–Crippen LogP) is 3.68. The highest BCUT2D eigenvalue weighted by atomic mass is 19.1. The van der Waals surface area contributed by atoms with Gasteiger partial charge in [-0.1, -0.05) is 18.2 Å². The molecule has 0 aliphatic carbocycles. The van der Waals surface area contributed by atoms with E-state index in [9.17, 15) is 13.6 Å². The molecule has 0 bridgehead atoms. The van der Waals surface area contributed by atoms with Crippen LogP contribution in [0, 0.1) is 17.6 Å². The highest BCUT2D eigenvalue weighted by Gasteiger charge is 2.24. The Morgan fingerprint density at radius 3 is 2.69 bits per heavy atom. The number of carbonyl (C=O) groups is 1. The van der Waals surface area contributed by atoms with Crippen LogP contribution in [0.15, 0.2) is 48.5 Å². The zero-order valence-corrected chi connectivity index (χ0v) is 14.7. The SMILES string of the molecule is CN(C(=O)N[C@H]1C[C@@H](Cc2ccc(F)cc2)CCN1)c1cccc(F)c1. The summed E-state index contributed by atoms with van der Waals surface area (Å²) in [6.07, 6.45) is 2.51. The minimum absolute atomic E-state index is 0.141. The number of piperidine rings is 1. The van der Waals surface area contributed by atoms with E-state index in [1.165, 1.54) is 29.2 Å². The van der Waals surface area contributed by atoms with Gasteiger partial charge < -0.3 is 5.32 Å². The Labute approximate surface area is 152 Å². The van der Waals surface area contributed by atoms with Crippen LogP contribution in [-0.4, -0.2) is 25.8 Å². The largest absolute Gasteiger partial charge is 0.322 e. The standard InChI is InChI=1S/C20H23F2N3O/c1-25(18-4-2-3-17(22)13-18)20(26)24-19-12-15(9-10-23-19)11-14-5-7-16(21)8-6-14/h2-8,13,15,19,23H,9-12H2,1H3,(H,24,26)/t15-,19+/m1/s1. The third-order valence-electron chi connectivity index (χ3n) is 4.75. The molecular weight excluding hydrogens is 336 g/mol. The molecule has 0 saturated carbocycles. The van der Waals surface area contributed by atoms with Gasteiger partial charge in [0.05, 0.1) is 6.17 Å². The maximum absolute atomic E-state index is 13.3. The molecule has 3 rings (SSSR count). The van der Waals surface area contributed by atoms with Crippen LogP contribution in [-0.2, 0) is 6.42 Å². The summed E-state index contributed by atoms with van der Waals surface area (Å²) in [5, 5.41) is 6.25. The fraction of sp³-hybridized carbons (Fsp3) is 0.350.